The maximum Gasteiger partial charge on any atom is 0.191 e. The fraction of sp³-hybridized carbons (Fsp3) is 0.611. The van der Waals surface area contributed by atoms with Crippen LogP contribution in [0.2, 0.25) is 0 Å². The lowest BCUT2D eigenvalue weighted by molar-refractivity contribution is 0.116. The first-order valence-electron chi connectivity index (χ1n) is 8.67. The smallest absolute Gasteiger partial charge is 0.191 e. The van der Waals surface area contributed by atoms with Crippen LogP contribution in [-0.4, -0.2) is 75.7 Å². The molecule has 142 valence electrons. The number of hydrogen-bond acceptors (Lipinski definition) is 4. The standard InChI is InChI=1S/C18H31N5O.HI/c1-5-19-18(20-12-15-8-6-7-9-17(15)24-4)21-13-16-14-22(2)10-11-23(16)3;/h6-9,16H,5,10-14H2,1-4H3,(H2,19,20,21);1H. The van der Waals surface area contributed by atoms with Crippen molar-refractivity contribution in [3.8, 4) is 5.75 Å². The number of ether oxygens (including phenoxy) is 1. The van der Waals surface area contributed by atoms with Gasteiger partial charge in [-0.25, -0.2) is 4.99 Å². The van der Waals surface area contributed by atoms with Crippen LogP contribution in [0.4, 0.5) is 0 Å². The molecule has 6 nitrogen and oxygen atoms in total. The number of piperazine rings is 1. The van der Waals surface area contributed by atoms with Crippen molar-refractivity contribution in [2.24, 2.45) is 4.99 Å². The summed E-state index contributed by atoms with van der Waals surface area (Å²) in [6, 6.07) is 8.51. The first-order chi connectivity index (χ1) is 11.6. The van der Waals surface area contributed by atoms with Gasteiger partial charge in [0, 0.05) is 44.3 Å². The van der Waals surface area contributed by atoms with Gasteiger partial charge in [0.25, 0.3) is 0 Å². The summed E-state index contributed by atoms with van der Waals surface area (Å²) in [4.78, 5) is 9.50. The van der Waals surface area contributed by atoms with Gasteiger partial charge in [-0.3, -0.25) is 4.90 Å². The van der Waals surface area contributed by atoms with Gasteiger partial charge in [-0.1, -0.05) is 18.2 Å². The normalized spacial score (nSPS) is 19.2. The maximum absolute atomic E-state index is 5.40. The third kappa shape index (κ3) is 6.99. The molecule has 1 heterocycles. The Bertz CT molecular complexity index is 540. The average molecular weight is 461 g/mol. The SMILES string of the molecule is CCNC(=NCc1ccccc1OC)NCC1CN(C)CCN1C.I. The molecule has 1 saturated heterocycles. The number of benzene rings is 1. The Kier molecular flexibility index (Phi) is 10.1. The molecule has 1 aromatic carbocycles. The number of aliphatic imine (C=N–C) groups is 1. The summed E-state index contributed by atoms with van der Waals surface area (Å²) in [5.74, 6) is 1.73. The van der Waals surface area contributed by atoms with Gasteiger partial charge >= 0.3 is 0 Å². The summed E-state index contributed by atoms with van der Waals surface area (Å²) in [6.07, 6.45) is 0. The number of methoxy groups -OCH3 is 1. The van der Waals surface area contributed by atoms with E-state index in [0.717, 1.165) is 50.0 Å². The van der Waals surface area contributed by atoms with Crippen LogP contribution < -0.4 is 15.4 Å². The molecule has 1 aliphatic heterocycles. The van der Waals surface area contributed by atoms with Crippen molar-refractivity contribution in [1.29, 1.82) is 0 Å². The Morgan fingerprint density at radius 1 is 1.24 bits per heavy atom. The Hall–Kier alpha value is -1.06. The zero-order valence-corrected chi connectivity index (χ0v) is 18.1. The topological polar surface area (TPSA) is 52.1 Å². The summed E-state index contributed by atoms with van der Waals surface area (Å²) in [7, 11) is 6.07. The van der Waals surface area contributed by atoms with Crippen molar-refractivity contribution in [2.45, 2.75) is 19.5 Å². The van der Waals surface area contributed by atoms with E-state index in [0.29, 0.717) is 12.6 Å². The average Bonchev–Trinajstić information content (AvgIpc) is 2.60. The van der Waals surface area contributed by atoms with Crippen molar-refractivity contribution in [2.75, 3.05) is 53.9 Å². The van der Waals surface area contributed by atoms with Crippen molar-refractivity contribution >= 4 is 29.9 Å². The molecule has 1 aromatic rings. The maximum atomic E-state index is 5.40. The fourth-order valence-corrected chi connectivity index (χ4v) is 2.88. The molecule has 0 aliphatic carbocycles. The van der Waals surface area contributed by atoms with Gasteiger partial charge in [0.1, 0.15) is 5.75 Å². The van der Waals surface area contributed by atoms with E-state index in [4.69, 9.17) is 9.73 Å². The Balaban J connectivity index is 0.00000312. The van der Waals surface area contributed by atoms with Gasteiger partial charge in [-0.15, -0.1) is 24.0 Å². The highest BCUT2D eigenvalue weighted by atomic mass is 127. The minimum Gasteiger partial charge on any atom is -0.496 e. The van der Waals surface area contributed by atoms with Gasteiger partial charge in [-0.2, -0.15) is 0 Å². The van der Waals surface area contributed by atoms with Crippen LogP contribution in [0.1, 0.15) is 12.5 Å². The van der Waals surface area contributed by atoms with Crippen molar-refractivity contribution in [1.82, 2.24) is 20.4 Å². The lowest BCUT2D eigenvalue weighted by Gasteiger charge is -2.37. The largest absolute Gasteiger partial charge is 0.496 e. The fourth-order valence-electron chi connectivity index (χ4n) is 2.88. The highest BCUT2D eigenvalue weighted by molar-refractivity contribution is 14.0. The van der Waals surface area contributed by atoms with Crippen molar-refractivity contribution in [3.05, 3.63) is 29.8 Å². The molecule has 0 bridgehead atoms. The van der Waals surface area contributed by atoms with Crippen LogP contribution in [0.3, 0.4) is 0 Å². The van der Waals surface area contributed by atoms with Crippen LogP contribution in [-0.2, 0) is 6.54 Å². The second kappa shape index (κ2) is 11.5. The van der Waals surface area contributed by atoms with E-state index in [1.54, 1.807) is 7.11 Å². The van der Waals surface area contributed by atoms with Gasteiger partial charge in [0.05, 0.1) is 13.7 Å². The van der Waals surface area contributed by atoms with E-state index in [9.17, 15) is 0 Å². The molecule has 25 heavy (non-hydrogen) atoms. The van der Waals surface area contributed by atoms with Crippen LogP contribution in [0.5, 0.6) is 5.75 Å². The highest BCUT2D eigenvalue weighted by Gasteiger charge is 2.22. The zero-order valence-electron chi connectivity index (χ0n) is 15.8. The van der Waals surface area contributed by atoms with E-state index in [2.05, 4.69) is 47.5 Å². The Labute approximate surface area is 169 Å². The predicted molar refractivity (Wildman–Crippen MR) is 115 cm³/mol. The third-order valence-corrected chi connectivity index (χ3v) is 4.43. The molecule has 0 radical (unpaired) electrons. The molecule has 2 rings (SSSR count). The quantitative estimate of drug-likeness (QED) is 0.383. The van der Waals surface area contributed by atoms with Gasteiger partial charge in [0.2, 0.25) is 0 Å². The second-order valence-electron chi connectivity index (χ2n) is 6.28. The summed E-state index contributed by atoms with van der Waals surface area (Å²) >= 11 is 0. The van der Waals surface area contributed by atoms with Crippen LogP contribution in [0, 0.1) is 0 Å². The molecular formula is C18H32IN5O. The van der Waals surface area contributed by atoms with Gasteiger partial charge < -0.3 is 20.3 Å². The van der Waals surface area contributed by atoms with Gasteiger partial charge in [-0.05, 0) is 27.1 Å². The number of guanidine groups is 1. The van der Waals surface area contributed by atoms with Crippen molar-refractivity contribution < 1.29 is 4.74 Å². The first kappa shape index (κ1) is 22.0. The molecule has 0 aromatic heterocycles. The molecule has 1 aliphatic rings. The van der Waals surface area contributed by atoms with E-state index in [1.165, 1.54) is 0 Å². The van der Waals surface area contributed by atoms with Crippen molar-refractivity contribution in [3.63, 3.8) is 0 Å². The third-order valence-electron chi connectivity index (χ3n) is 4.43. The predicted octanol–water partition coefficient (Wildman–Crippen LogP) is 1.61. The highest BCUT2D eigenvalue weighted by Crippen LogP contribution is 2.17. The number of rotatable bonds is 6. The van der Waals surface area contributed by atoms with E-state index in [1.807, 2.05) is 18.2 Å². The summed E-state index contributed by atoms with van der Waals surface area (Å²) in [5, 5.41) is 6.80. The van der Waals surface area contributed by atoms with Crippen LogP contribution in [0.25, 0.3) is 0 Å². The molecule has 2 N–H and O–H groups in total. The molecule has 0 amide bonds. The monoisotopic (exact) mass is 461 g/mol. The number of nitrogens with one attached hydrogen (secondary N) is 2. The van der Waals surface area contributed by atoms with E-state index < -0.39 is 0 Å². The first-order valence-corrected chi connectivity index (χ1v) is 8.67. The summed E-state index contributed by atoms with van der Waals surface area (Å²) < 4.78 is 5.40. The number of halogens is 1. The molecule has 1 atom stereocenters. The zero-order chi connectivity index (χ0) is 17.4. The lowest BCUT2D eigenvalue weighted by atomic mass is 10.2. The summed E-state index contributed by atoms with van der Waals surface area (Å²) in [5.41, 5.74) is 1.09. The molecular weight excluding hydrogens is 429 g/mol. The lowest BCUT2D eigenvalue weighted by Crippen LogP contribution is -2.55. The minimum absolute atomic E-state index is 0. The number of hydrogen-bond donors (Lipinski definition) is 2. The number of likely N-dealkylation sites (N-methyl/N-ethyl adjacent to an activating group) is 2. The molecule has 0 spiro atoms. The molecule has 1 unspecified atom stereocenters. The van der Waals surface area contributed by atoms with E-state index in [-0.39, 0.29) is 24.0 Å². The van der Waals surface area contributed by atoms with E-state index >= 15 is 0 Å². The Morgan fingerprint density at radius 3 is 2.72 bits per heavy atom. The summed E-state index contributed by atoms with van der Waals surface area (Å²) in [6.45, 7) is 7.74. The van der Waals surface area contributed by atoms with Gasteiger partial charge in [0.15, 0.2) is 5.96 Å². The number of para-hydroxylation sites is 1. The number of nitrogens with zero attached hydrogens (tertiary/aromatic N) is 3. The minimum atomic E-state index is 0. The Morgan fingerprint density at radius 2 is 2.00 bits per heavy atom. The molecule has 0 saturated carbocycles. The second-order valence-corrected chi connectivity index (χ2v) is 6.28. The van der Waals surface area contributed by atoms with Crippen LogP contribution in [0.15, 0.2) is 29.3 Å². The molecule has 7 heteroatoms. The van der Waals surface area contributed by atoms with Crippen LogP contribution >= 0.6 is 24.0 Å². The molecule has 1 fully saturated rings.